The third kappa shape index (κ3) is 2.15. The van der Waals surface area contributed by atoms with Gasteiger partial charge in [-0.2, -0.15) is 0 Å². The van der Waals surface area contributed by atoms with Crippen LogP contribution < -0.4 is 0 Å². The van der Waals surface area contributed by atoms with Gasteiger partial charge in [-0.15, -0.1) is 0 Å². The molecule has 0 amide bonds. The number of aromatic nitrogens is 1. The summed E-state index contributed by atoms with van der Waals surface area (Å²) >= 11 is 0. The molecular weight excluding hydrogens is 158 g/mol. The van der Waals surface area contributed by atoms with Crippen molar-refractivity contribution in [3.05, 3.63) is 24.0 Å². The first-order valence-electron chi connectivity index (χ1n) is 5.17. The lowest BCUT2D eigenvalue weighted by Gasteiger charge is -2.28. The van der Waals surface area contributed by atoms with Crippen LogP contribution in [0, 0.1) is 18.8 Å². The molecule has 1 heteroatoms. The number of rotatable bonds is 3. The molecule has 0 saturated carbocycles. The van der Waals surface area contributed by atoms with Crippen LogP contribution in [0.15, 0.2) is 18.3 Å². The molecule has 74 valence electrons. The average Bonchev–Trinajstić information content (AvgIpc) is 2.35. The highest BCUT2D eigenvalue weighted by atomic mass is 15.0. The molecule has 0 N–H and O–H groups in total. The number of hydrogen-bond donors (Lipinski definition) is 0. The molecule has 1 aromatic heterocycles. The monoisotopic (exact) mass is 179 g/mol. The molecule has 1 aromatic rings. The van der Waals surface area contributed by atoms with Crippen molar-refractivity contribution in [3.63, 3.8) is 0 Å². The molecule has 0 unspecified atom stereocenters. The molecule has 1 nitrogen and oxygen atoms in total. The van der Waals surface area contributed by atoms with Crippen LogP contribution in [0.3, 0.4) is 0 Å². The maximum atomic E-state index is 2.40. The van der Waals surface area contributed by atoms with Gasteiger partial charge in [0.15, 0.2) is 0 Å². The maximum Gasteiger partial charge on any atom is 0.0379 e. The van der Waals surface area contributed by atoms with E-state index in [-0.39, 0.29) is 0 Å². The fraction of sp³-hybridized carbons (Fsp3) is 0.667. The van der Waals surface area contributed by atoms with Gasteiger partial charge in [-0.3, -0.25) is 0 Å². The summed E-state index contributed by atoms with van der Waals surface area (Å²) in [6.45, 7) is 11.4. The minimum Gasteiger partial charge on any atom is -0.348 e. The van der Waals surface area contributed by atoms with Gasteiger partial charge in [0.05, 0.1) is 0 Å². The summed E-state index contributed by atoms with van der Waals surface area (Å²) in [4.78, 5) is 0. The van der Waals surface area contributed by atoms with E-state index in [2.05, 4.69) is 57.5 Å². The van der Waals surface area contributed by atoms with Gasteiger partial charge >= 0.3 is 0 Å². The van der Waals surface area contributed by atoms with E-state index < -0.39 is 0 Å². The highest BCUT2D eigenvalue weighted by molar-refractivity contribution is 5.06. The lowest BCUT2D eigenvalue weighted by atomic mass is 9.93. The Morgan fingerprint density at radius 1 is 1.08 bits per heavy atom. The zero-order valence-corrected chi connectivity index (χ0v) is 9.41. The Bertz CT molecular complexity index is 250. The van der Waals surface area contributed by atoms with E-state index in [9.17, 15) is 0 Å². The van der Waals surface area contributed by atoms with Crippen LogP contribution in [-0.4, -0.2) is 4.57 Å². The predicted octanol–water partition coefficient (Wildman–Crippen LogP) is 3.65. The number of aryl methyl sites for hydroxylation is 1. The van der Waals surface area contributed by atoms with Crippen molar-refractivity contribution >= 4 is 0 Å². The van der Waals surface area contributed by atoms with Crippen molar-refractivity contribution in [2.24, 2.45) is 11.8 Å². The molecule has 13 heavy (non-hydrogen) atoms. The lowest BCUT2D eigenvalue weighted by molar-refractivity contribution is 0.284. The van der Waals surface area contributed by atoms with Crippen LogP contribution in [0.4, 0.5) is 0 Å². The largest absolute Gasteiger partial charge is 0.348 e. The molecular formula is C12H21N. The SMILES string of the molecule is Cc1cccn1C(C(C)C)C(C)C. The van der Waals surface area contributed by atoms with Crippen molar-refractivity contribution in [1.29, 1.82) is 0 Å². The molecule has 0 saturated heterocycles. The first kappa shape index (κ1) is 10.4. The first-order valence-corrected chi connectivity index (χ1v) is 5.17. The summed E-state index contributed by atoms with van der Waals surface area (Å²) in [7, 11) is 0. The highest BCUT2D eigenvalue weighted by Crippen LogP contribution is 2.27. The number of nitrogens with zero attached hydrogens (tertiary/aromatic N) is 1. The smallest absolute Gasteiger partial charge is 0.0379 e. The van der Waals surface area contributed by atoms with E-state index in [4.69, 9.17) is 0 Å². The Morgan fingerprint density at radius 2 is 1.62 bits per heavy atom. The van der Waals surface area contributed by atoms with Gasteiger partial charge < -0.3 is 4.57 Å². The van der Waals surface area contributed by atoms with E-state index in [1.165, 1.54) is 5.69 Å². The Labute approximate surface area is 81.8 Å². The van der Waals surface area contributed by atoms with Crippen LogP contribution in [0.2, 0.25) is 0 Å². The second kappa shape index (κ2) is 3.99. The molecule has 0 radical (unpaired) electrons. The molecule has 1 rings (SSSR count). The standard InChI is InChI=1S/C12H21N/c1-9(2)12(10(3)4)13-8-6-7-11(13)5/h6-10,12H,1-5H3. The average molecular weight is 179 g/mol. The summed E-state index contributed by atoms with van der Waals surface area (Å²) in [6, 6.07) is 4.94. The lowest BCUT2D eigenvalue weighted by Crippen LogP contribution is -2.20. The summed E-state index contributed by atoms with van der Waals surface area (Å²) in [5, 5.41) is 0. The van der Waals surface area contributed by atoms with Crippen molar-refractivity contribution in [2.45, 2.75) is 40.7 Å². The molecule has 0 spiro atoms. The molecule has 0 bridgehead atoms. The van der Waals surface area contributed by atoms with E-state index in [0.717, 1.165) is 0 Å². The Morgan fingerprint density at radius 3 is 1.92 bits per heavy atom. The molecule has 0 fully saturated rings. The van der Waals surface area contributed by atoms with E-state index in [0.29, 0.717) is 17.9 Å². The minimum atomic E-state index is 0.634. The van der Waals surface area contributed by atoms with Gasteiger partial charge in [0.1, 0.15) is 0 Å². The normalized spacial score (nSPS) is 12.0. The zero-order chi connectivity index (χ0) is 10.0. The summed E-state index contributed by atoms with van der Waals surface area (Å²) in [6.07, 6.45) is 2.19. The zero-order valence-electron chi connectivity index (χ0n) is 9.41. The topological polar surface area (TPSA) is 4.93 Å². The molecule has 0 aliphatic rings. The summed E-state index contributed by atoms with van der Waals surface area (Å²) in [5.41, 5.74) is 1.37. The van der Waals surface area contributed by atoms with Gasteiger partial charge in [-0.1, -0.05) is 27.7 Å². The van der Waals surface area contributed by atoms with Crippen LogP contribution in [0.1, 0.15) is 39.4 Å². The van der Waals surface area contributed by atoms with Gasteiger partial charge in [0.2, 0.25) is 0 Å². The van der Waals surface area contributed by atoms with Crippen molar-refractivity contribution in [1.82, 2.24) is 4.57 Å². The van der Waals surface area contributed by atoms with E-state index in [1.54, 1.807) is 0 Å². The van der Waals surface area contributed by atoms with Gasteiger partial charge in [-0.25, -0.2) is 0 Å². The van der Waals surface area contributed by atoms with Crippen molar-refractivity contribution in [3.8, 4) is 0 Å². The Kier molecular flexibility index (Phi) is 3.18. The second-order valence-corrected chi connectivity index (χ2v) is 4.54. The molecule has 1 heterocycles. The quantitative estimate of drug-likeness (QED) is 0.667. The van der Waals surface area contributed by atoms with E-state index >= 15 is 0 Å². The van der Waals surface area contributed by atoms with E-state index in [1.807, 2.05) is 0 Å². The summed E-state index contributed by atoms with van der Waals surface area (Å²) < 4.78 is 2.40. The number of hydrogen-bond acceptors (Lipinski definition) is 0. The van der Waals surface area contributed by atoms with Crippen molar-refractivity contribution < 1.29 is 0 Å². The van der Waals surface area contributed by atoms with Crippen LogP contribution in [0.25, 0.3) is 0 Å². The maximum absolute atomic E-state index is 2.40. The predicted molar refractivity (Wildman–Crippen MR) is 57.9 cm³/mol. The molecule has 0 aliphatic heterocycles. The van der Waals surface area contributed by atoms with Crippen LogP contribution in [0.5, 0.6) is 0 Å². The van der Waals surface area contributed by atoms with Crippen molar-refractivity contribution in [2.75, 3.05) is 0 Å². The fourth-order valence-electron chi connectivity index (χ4n) is 2.23. The van der Waals surface area contributed by atoms with Gasteiger partial charge in [0, 0.05) is 17.9 Å². The first-order chi connectivity index (χ1) is 6.04. The highest BCUT2D eigenvalue weighted by Gasteiger charge is 2.19. The van der Waals surface area contributed by atoms with Crippen LogP contribution in [-0.2, 0) is 0 Å². The fourth-order valence-corrected chi connectivity index (χ4v) is 2.23. The van der Waals surface area contributed by atoms with Gasteiger partial charge in [-0.05, 0) is 30.9 Å². The van der Waals surface area contributed by atoms with Crippen LogP contribution >= 0.6 is 0 Å². The Hall–Kier alpha value is -0.720. The van der Waals surface area contributed by atoms with Gasteiger partial charge in [0.25, 0.3) is 0 Å². The molecule has 0 aliphatic carbocycles. The minimum absolute atomic E-state index is 0.634. The third-order valence-corrected chi connectivity index (χ3v) is 2.68. The second-order valence-electron chi connectivity index (χ2n) is 4.54. The summed E-state index contributed by atoms with van der Waals surface area (Å²) in [5.74, 6) is 1.40. The molecule has 0 atom stereocenters. The third-order valence-electron chi connectivity index (χ3n) is 2.68. The molecule has 0 aromatic carbocycles. The Balaban J connectivity index is 2.95.